The molecule has 0 spiro atoms. The van der Waals surface area contributed by atoms with Crippen molar-refractivity contribution < 1.29 is 24.1 Å². The van der Waals surface area contributed by atoms with Crippen molar-refractivity contribution in [3.05, 3.63) is 77.5 Å². The molecule has 7 rings (SSSR count). The minimum atomic E-state index is -0.500. The lowest BCUT2D eigenvalue weighted by Gasteiger charge is -2.40. The topological polar surface area (TPSA) is 98.4 Å². The molecule has 0 aliphatic carbocycles. The number of fused-ring (bicyclic) bond motifs is 6. The van der Waals surface area contributed by atoms with Crippen molar-refractivity contribution in [2.24, 2.45) is 0 Å². The van der Waals surface area contributed by atoms with E-state index in [1.807, 2.05) is 41.8 Å². The molecule has 3 aliphatic heterocycles. The van der Waals surface area contributed by atoms with E-state index in [2.05, 4.69) is 49.1 Å². The van der Waals surface area contributed by atoms with Crippen LogP contribution in [0.4, 0.5) is 5.82 Å². The van der Waals surface area contributed by atoms with Crippen LogP contribution >= 0.6 is 0 Å². The molecule has 244 valence electrons. The summed E-state index contributed by atoms with van der Waals surface area (Å²) < 4.78 is 19.5. The largest absolute Gasteiger partial charge is 0.489 e. The number of piperidine rings is 1. The van der Waals surface area contributed by atoms with Crippen LogP contribution in [0.2, 0.25) is 0 Å². The highest BCUT2D eigenvalue weighted by Gasteiger charge is 2.33. The number of esters is 1. The molecule has 6 bridgehead atoms. The van der Waals surface area contributed by atoms with Gasteiger partial charge in [-0.1, -0.05) is 35.9 Å². The van der Waals surface area contributed by atoms with Gasteiger partial charge in [-0.15, -0.1) is 0 Å². The number of benzene rings is 2. The van der Waals surface area contributed by atoms with Crippen LogP contribution in [0.25, 0.3) is 28.0 Å². The molecule has 46 heavy (non-hydrogen) atoms. The number of aliphatic hydroxyl groups is 1. The van der Waals surface area contributed by atoms with Crippen LogP contribution in [-0.2, 0) is 20.7 Å². The van der Waals surface area contributed by atoms with Crippen molar-refractivity contribution in [3.8, 4) is 28.1 Å². The second kappa shape index (κ2) is 13.6. The van der Waals surface area contributed by atoms with Gasteiger partial charge in [0.2, 0.25) is 0 Å². The molecule has 4 aromatic rings. The first-order chi connectivity index (χ1) is 21.8. The van der Waals surface area contributed by atoms with Gasteiger partial charge < -0.3 is 24.2 Å². The molecule has 2 aromatic heterocycles. The van der Waals surface area contributed by atoms with E-state index >= 15 is 0 Å². The molecule has 2 aromatic carbocycles. The van der Waals surface area contributed by atoms with Crippen molar-refractivity contribution in [3.63, 3.8) is 0 Å². The second-order valence-corrected chi connectivity index (χ2v) is 13.3. The number of ether oxygens (including phenoxy) is 3. The fraction of sp³-hybridized carbons (Fsp3) is 0.432. The van der Waals surface area contributed by atoms with Gasteiger partial charge in [-0.05, 0) is 84.2 Å². The molecule has 0 atom stereocenters. The maximum Gasteiger partial charge on any atom is 0.310 e. The van der Waals surface area contributed by atoms with Crippen LogP contribution in [0.5, 0.6) is 5.75 Å². The summed E-state index contributed by atoms with van der Waals surface area (Å²) in [5.74, 6) is 1.43. The highest BCUT2D eigenvalue weighted by Crippen LogP contribution is 2.36. The van der Waals surface area contributed by atoms with Crippen LogP contribution < -0.4 is 9.64 Å². The Kier molecular flexibility index (Phi) is 9.84. The molecule has 1 fully saturated rings. The van der Waals surface area contributed by atoms with Crippen molar-refractivity contribution >= 4 is 17.4 Å². The summed E-state index contributed by atoms with van der Waals surface area (Å²) >= 11 is 0. The third kappa shape index (κ3) is 7.95. The van der Waals surface area contributed by atoms with Gasteiger partial charge in [0.1, 0.15) is 18.2 Å². The van der Waals surface area contributed by atoms with Crippen LogP contribution in [0.1, 0.15) is 57.4 Å². The molecule has 0 saturated carbocycles. The Morgan fingerprint density at radius 3 is 2.43 bits per heavy atom. The van der Waals surface area contributed by atoms with E-state index in [4.69, 9.17) is 29.4 Å². The van der Waals surface area contributed by atoms with Gasteiger partial charge in [0.05, 0.1) is 37.0 Å². The normalized spacial score (nSPS) is 16.7. The number of aryl methyl sites for hydroxylation is 2. The minimum absolute atomic E-state index is 0.135. The standard InChI is InChI=1S/C33H36N4O4.C4H10O/c1-22-10-11-29-27(18-22)24-8-7-9-25(19-24)28-21-30-34-23(2)26(20-31(38)39-4)32(37(30)35-28)36-14-12-33(3,13-15-36)41-17-6-5-16-40-29;1-4(2,3)5/h5-11,18-19,21H,12-17,20H2,1-4H3;5H,1-3H3/b6-5+;. The first-order valence-corrected chi connectivity index (χ1v) is 15.9. The third-order valence-electron chi connectivity index (χ3n) is 8.18. The summed E-state index contributed by atoms with van der Waals surface area (Å²) in [7, 11) is 1.42. The average molecular weight is 627 g/mol. The van der Waals surface area contributed by atoms with Crippen molar-refractivity contribution in [2.75, 3.05) is 38.3 Å². The van der Waals surface area contributed by atoms with E-state index in [-0.39, 0.29) is 18.0 Å². The fourth-order valence-corrected chi connectivity index (χ4v) is 5.73. The number of carbonyl (C=O) groups is 1. The number of hydrogen-bond acceptors (Lipinski definition) is 8. The average Bonchev–Trinajstić information content (AvgIpc) is 3.43. The second-order valence-electron chi connectivity index (χ2n) is 13.3. The number of methoxy groups -OCH3 is 1. The van der Waals surface area contributed by atoms with Gasteiger partial charge in [0, 0.05) is 41.5 Å². The van der Waals surface area contributed by atoms with Gasteiger partial charge >= 0.3 is 5.97 Å². The van der Waals surface area contributed by atoms with Gasteiger partial charge in [-0.25, -0.2) is 4.98 Å². The van der Waals surface area contributed by atoms with E-state index in [0.29, 0.717) is 13.2 Å². The predicted molar refractivity (Wildman–Crippen MR) is 181 cm³/mol. The molecule has 5 heterocycles. The Labute approximate surface area is 271 Å². The summed E-state index contributed by atoms with van der Waals surface area (Å²) in [6, 6.07) is 16.6. The number of aromatic nitrogens is 3. The Morgan fingerprint density at radius 1 is 1.02 bits per heavy atom. The molecule has 0 unspecified atom stereocenters. The quantitative estimate of drug-likeness (QED) is 0.199. The summed E-state index contributed by atoms with van der Waals surface area (Å²) in [4.78, 5) is 19.7. The molecule has 9 heteroatoms. The molecule has 0 radical (unpaired) electrons. The highest BCUT2D eigenvalue weighted by molar-refractivity contribution is 5.78. The molecular weight excluding hydrogens is 580 g/mol. The first-order valence-electron chi connectivity index (χ1n) is 15.9. The monoisotopic (exact) mass is 626 g/mol. The van der Waals surface area contributed by atoms with Gasteiger partial charge in [-0.3, -0.25) is 4.79 Å². The van der Waals surface area contributed by atoms with Gasteiger partial charge in [0.15, 0.2) is 5.65 Å². The third-order valence-corrected chi connectivity index (χ3v) is 8.18. The smallest absolute Gasteiger partial charge is 0.310 e. The lowest BCUT2D eigenvalue weighted by atomic mass is 9.93. The Balaban J connectivity index is 0.000000775. The fourth-order valence-electron chi connectivity index (χ4n) is 5.73. The number of rotatable bonds is 2. The molecule has 3 aliphatic rings. The first kappa shape index (κ1) is 33.2. The van der Waals surface area contributed by atoms with E-state index in [1.165, 1.54) is 7.11 Å². The van der Waals surface area contributed by atoms with Crippen LogP contribution in [0, 0.1) is 13.8 Å². The predicted octanol–water partition coefficient (Wildman–Crippen LogP) is 6.50. The lowest BCUT2D eigenvalue weighted by Crippen LogP contribution is -2.45. The maximum atomic E-state index is 12.5. The summed E-state index contributed by atoms with van der Waals surface area (Å²) in [5, 5.41) is 13.6. The van der Waals surface area contributed by atoms with Crippen LogP contribution in [-0.4, -0.2) is 70.3 Å². The van der Waals surface area contributed by atoms with E-state index in [1.54, 1.807) is 20.8 Å². The molecule has 1 N–H and O–H groups in total. The minimum Gasteiger partial charge on any atom is -0.489 e. The Bertz CT molecular complexity index is 1720. The van der Waals surface area contributed by atoms with Crippen LogP contribution in [0.3, 0.4) is 0 Å². The Morgan fingerprint density at radius 2 is 1.72 bits per heavy atom. The zero-order chi connectivity index (χ0) is 33.1. The van der Waals surface area contributed by atoms with E-state index in [9.17, 15) is 4.79 Å². The highest BCUT2D eigenvalue weighted by atomic mass is 16.5. The van der Waals surface area contributed by atoms with Gasteiger partial charge in [-0.2, -0.15) is 9.61 Å². The molecule has 0 amide bonds. The van der Waals surface area contributed by atoms with Crippen LogP contribution in [0.15, 0.2) is 60.7 Å². The van der Waals surface area contributed by atoms with Crippen molar-refractivity contribution in [1.82, 2.24) is 14.6 Å². The number of anilines is 1. The SMILES string of the molecule is CC(C)(C)O.COC(=O)Cc1c(C)nc2cc3nn2c1N1CCC(C)(CC1)OC/C=C/COc1ccc(C)cc1-c1cccc-3c1. The zero-order valence-corrected chi connectivity index (χ0v) is 28.1. The summed E-state index contributed by atoms with van der Waals surface area (Å²) in [6.07, 6.45) is 5.89. The maximum absolute atomic E-state index is 12.5. The van der Waals surface area contributed by atoms with Crippen molar-refractivity contribution in [1.29, 1.82) is 0 Å². The van der Waals surface area contributed by atoms with Gasteiger partial charge in [0.25, 0.3) is 0 Å². The summed E-state index contributed by atoms with van der Waals surface area (Å²) in [5.41, 5.74) is 6.69. The summed E-state index contributed by atoms with van der Waals surface area (Å²) in [6.45, 7) is 14.0. The van der Waals surface area contributed by atoms with E-state index < -0.39 is 5.60 Å². The number of carbonyl (C=O) groups excluding carboxylic acids is 1. The molecule has 1 saturated heterocycles. The molecule has 9 nitrogen and oxygen atoms in total. The zero-order valence-electron chi connectivity index (χ0n) is 28.1. The number of hydrogen-bond donors (Lipinski definition) is 1. The lowest BCUT2D eigenvalue weighted by molar-refractivity contribution is -0.139. The number of nitrogens with zero attached hydrogens (tertiary/aromatic N) is 4. The Hall–Kier alpha value is -4.21. The van der Waals surface area contributed by atoms with Crippen molar-refractivity contribution in [2.45, 2.75) is 72.0 Å². The molecular formula is C37H46N4O5. The van der Waals surface area contributed by atoms with E-state index in [0.717, 1.165) is 82.4 Å².